The van der Waals surface area contributed by atoms with Gasteiger partial charge in [0.05, 0.1) is 0 Å². The lowest BCUT2D eigenvalue weighted by Gasteiger charge is -2.33. The van der Waals surface area contributed by atoms with Crippen molar-refractivity contribution in [3.8, 4) is 0 Å². The molecule has 92 valence electrons. The molecule has 4 atom stereocenters. The Labute approximate surface area is 97.8 Å². The van der Waals surface area contributed by atoms with Gasteiger partial charge in [-0.3, -0.25) is 0 Å². The Morgan fingerprint density at radius 2 is 1.27 bits per heavy atom. The van der Waals surface area contributed by atoms with E-state index >= 15 is 0 Å². The van der Waals surface area contributed by atoms with Crippen LogP contribution in [-0.4, -0.2) is 0 Å². The first kappa shape index (κ1) is 15.0. The van der Waals surface area contributed by atoms with E-state index in [0.29, 0.717) is 0 Å². The van der Waals surface area contributed by atoms with E-state index in [9.17, 15) is 0 Å². The van der Waals surface area contributed by atoms with Gasteiger partial charge in [0.15, 0.2) is 0 Å². The molecule has 0 heterocycles. The lowest BCUT2D eigenvalue weighted by atomic mass is 9.73. The second-order valence-electron chi connectivity index (χ2n) is 5.46. The summed E-state index contributed by atoms with van der Waals surface area (Å²) >= 11 is 0. The van der Waals surface area contributed by atoms with Gasteiger partial charge < -0.3 is 0 Å². The van der Waals surface area contributed by atoms with Gasteiger partial charge in [0.1, 0.15) is 0 Å². The largest absolute Gasteiger partial charge is 0.0654 e. The van der Waals surface area contributed by atoms with Crippen molar-refractivity contribution in [2.45, 2.75) is 73.6 Å². The maximum atomic E-state index is 2.48. The van der Waals surface area contributed by atoms with Crippen molar-refractivity contribution >= 4 is 0 Å². The minimum atomic E-state index is 0.902. The molecule has 0 aliphatic rings. The fourth-order valence-corrected chi connectivity index (χ4v) is 2.84. The predicted octanol–water partition coefficient (Wildman–Crippen LogP) is 5.52. The minimum Gasteiger partial charge on any atom is -0.0654 e. The van der Waals surface area contributed by atoms with E-state index in [1.54, 1.807) is 0 Å². The van der Waals surface area contributed by atoms with Gasteiger partial charge in [-0.2, -0.15) is 0 Å². The standard InChI is InChI=1S/C15H32/c1-7-10-13(5)14(6)15(11-8-2)12(4)9-3/h12-15H,7-11H2,1-6H3. The van der Waals surface area contributed by atoms with E-state index in [4.69, 9.17) is 0 Å². The van der Waals surface area contributed by atoms with Gasteiger partial charge in [-0.05, 0) is 23.7 Å². The molecule has 0 aromatic heterocycles. The Bertz CT molecular complexity index is 139. The molecule has 0 rings (SSSR count). The molecule has 0 aromatic rings. The second-order valence-corrected chi connectivity index (χ2v) is 5.46. The first-order valence-electron chi connectivity index (χ1n) is 7.08. The summed E-state index contributed by atoms with van der Waals surface area (Å²) in [6.07, 6.45) is 6.85. The molecule has 0 aliphatic carbocycles. The first-order chi connectivity index (χ1) is 7.08. The van der Waals surface area contributed by atoms with Crippen molar-refractivity contribution in [1.29, 1.82) is 0 Å². The summed E-state index contributed by atoms with van der Waals surface area (Å²) in [5.74, 6) is 3.65. The molecule has 0 N–H and O–H groups in total. The molecule has 0 aromatic carbocycles. The van der Waals surface area contributed by atoms with Crippen LogP contribution in [0.25, 0.3) is 0 Å². The van der Waals surface area contributed by atoms with Gasteiger partial charge in [0, 0.05) is 0 Å². The zero-order valence-electron chi connectivity index (χ0n) is 11.8. The Morgan fingerprint density at radius 1 is 0.733 bits per heavy atom. The molecule has 0 radical (unpaired) electrons. The normalized spacial score (nSPS) is 19.6. The third kappa shape index (κ3) is 5.04. The SMILES string of the molecule is CCCC(C)C(C)C(CCC)C(C)CC. The van der Waals surface area contributed by atoms with Crippen LogP contribution in [0.2, 0.25) is 0 Å². The zero-order chi connectivity index (χ0) is 11.8. The van der Waals surface area contributed by atoms with Gasteiger partial charge in [-0.15, -0.1) is 0 Å². The topological polar surface area (TPSA) is 0 Å². The van der Waals surface area contributed by atoms with Crippen LogP contribution >= 0.6 is 0 Å². The first-order valence-corrected chi connectivity index (χ1v) is 7.08. The van der Waals surface area contributed by atoms with Crippen molar-refractivity contribution in [2.24, 2.45) is 23.7 Å². The molecule has 0 aliphatic heterocycles. The summed E-state index contributed by atoms with van der Waals surface area (Å²) in [5.41, 5.74) is 0. The minimum absolute atomic E-state index is 0.902. The Hall–Kier alpha value is 0. The summed E-state index contributed by atoms with van der Waals surface area (Å²) in [5, 5.41) is 0. The summed E-state index contributed by atoms with van der Waals surface area (Å²) in [4.78, 5) is 0. The Morgan fingerprint density at radius 3 is 1.67 bits per heavy atom. The van der Waals surface area contributed by atoms with Gasteiger partial charge in [-0.1, -0.05) is 73.6 Å². The highest BCUT2D eigenvalue weighted by atomic mass is 14.3. The fourth-order valence-electron chi connectivity index (χ4n) is 2.84. The van der Waals surface area contributed by atoms with Gasteiger partial charge >= 0.3 is 0 Å². The number of hydrogen-bond donors (Lipinski definition) is 0. The van der Waals surface area contributed by atoms with E-state index in [1.807, 2.05) is 0 Å². The summed E-state index contributed by atoms with van der Waals surface area (Å²) < 4.78 is 0. The van der Waals surface area contributed by atoms with Gasteiger partial charge in [0.2, 0.25) is 0 Å². The molecule has 0 amide bonds. The Kier molecular flexibility index (Phi) is 8.19. The smallest absolute Gasteiger partial charge is 0.0360 e. The van der Waals surface area contributed by atoms with Crippen LogP contribution < -0.4 is 0 Å². The van der Waals surface area contributed by atoms with E-state index in [0.717, 1.165) is 23.7 Å². The Balaban J connectivity index is 4.32. The van der Waals surface area contributed by atoms with Crippen LogP contribution in [0.3, 0.4) is 0 Å². The van der Waals surface area contributed by atoms with Crippen LogP contribution in [0, 0.1) is 23.7 Å². The zero-order valence-corrected chi connectivity index (χ0v) is 11.8. The highest BCUT2D eigenvalue weighted by molar-refractivity contribution is 4.75. The van der Waals surface area contributed by atoms with Gasteiger partial charge in [0.25, 0.3) is 0 Å². The predicted molar refractivity (Wildman–Crippen MR) is 71.1 cm³/mol. The van der Waals surface area contributed by atoms with Crippen LogP contribution in [0.15, 0.2) is 0 Å². The molecule has 0 fully saturated rings. The fraction of sp³-hybridized carbons (Fsp3) is 1.00. The molecule has 0 bridgehead atoms. The molecule has 0 saturated carbocycles. The average molecular weight is 212 g/mol. The van der Waals surface area contributed by atoms with Gasteiger partial charge in [-0.25, -0.2) is 0 Å². The number of rotatable bonds is 8. The van der Waals surface area contributed by atoms with Crippen molar-refractivity contribution < 1.29 is 0 Å². The van der Waals surface area contributed by atoms with Crippen molar-refractivity contribution in [3.05, 3.63) is 0 Å². The van der Waals surface area contributed by atoms with E-state index < -0.39 is 0 Å². The highest BCUT2D eigenvalue weighted by Gasteiger charge is 2.25. The van der Waals surface area contributed by atoms with E-state index in [1.165, 1.54) is 32.1 Å². The third-order valence-electron chi connectivity index (χ3n) is 4.31. The summed E-state index contributed by atoms with van der Waals surface area (Å²) in [6.45, 7) is 14.3. The molecule has 0 saturated heterocycles. The van der Waals surface area contributed by atoms with Crippen LogP contribution in [0.5, 0.6) is 0 Å². The third-order valence-corrected chi connectivity index (χ3v) is 4.31. The summed E-state index contributed by atoms with van der Waals surface area (Å²) in [7, 11) is 0. The maximum absolute atomic E-state index is 2.48. The highest BCUT2D eigenvalue weighted by Crippen LogP contribution is 2.34. The molecule has 4 unspecified atom stereocenters. The lowest BCUT2D eigenvalue weighted by molar-refractivity contribution is 0.171. The maximum Gasteiger partial charge on any atom is -0.0360 e. The summed E-state index contributed by atoms with van der Waals surface area (Å²) in [6, 6.07) is 0. The molecule has 15 heavy (non-hydrogen) atoms. The van der Waals surface area contributed by atoms with E-state index in [-0.39, 0.29) is 0 Å². The van der Waals surface area contributed by atoms with Crippen LogP contribution in [0.4, 0.5) is 0 Å². The second kappa shape index (κ2) is 8.19. The molecular weight excluding hydrogens is 180 g/mol. The average Bonchev–Trinajstić information content (AvgIpc) is 2.24. The van der Waals surface area contributed by atoms with Crippen molar-refractivity contribution in [2.75, 3.05) is 0 Å². The lowest BCUT2D eigenvalue weighted by Crippen LogP contribution is -2.24. The molecule has 0 spiro atoms. The molecule has 0 nitrogen and oxygen atoms in total. The quantitative estimate of drug-likeness (QED) is 0.497. The van der Waals surface area contributed by atoms with Crippen molar-refractivity contribution in [3.63, 3.8) is 0 Å². The van der Waals surface area contributed by atoms with Crippen LogP contribution in [-0.2, 0) is 0 Å². The molecule has 0 heteroatoms. The number of hydrogen-bond acceptors (Lipinski definition) is 0. The molecular formula is C15H32. The van der Waals surface area contributed by atoms with Crippen LogP contribution in [0.1, 0.15) is 73.6 Å². The van der Waals surface area contributed by atoms with E-state index in [2.05, 4.69) is 41.5 Å². The van der Waals surface area contributed by atoms with Crippen molar-refractivity contribution in [1.82, 2.24) is 0 Å². The monoisotopic (exact) mass is 212 g/mol.